The first-order valence-corrected chi connectivity index (χ1v) is 5.34. The van der Waals surface area contributed by atoms with Crippen LogP contribution in [0.4, 0.5) is 14.5 Å². The zero-order valence-electron chi connectivity index (χ0n) is 9.02. The first kappa shape index (κ1) is 14.4. The van der Waals surface area contributed by atoms with Crippen molar-refractivity contribution in [3.05, 3.63) is 32.0 Å². The fourth-order valence-corrected chi connectivity index (χ4v) is 1.72. The molecule has 98 valence electrons. The maximum absolute atomic E-state index is 12.6. The van der Waals surface area contributed by atoms with Crippen molar-refractivity contribution in [3.63, 3.8) is 0 Å². The van der Waals surface area contributed by atoms with E-state index in [4.69, 9.17) is 0 Å². The molecule has 0 unspecified atom stereocenters. The Morgan fingerprint density at radius 1 is 1.67 bits per heavy atom. The average Bonchev–Trinajstić information content (AvgIpc) is 2.30. The number of methoxy groups -OCH3 is 1. The number of rotatable bonds is 4. The van der Waals surface area contributed by atoms with Gasteiger partial charge in [-0.1, -0.05) is 0 Å². The summed E-state index contributed by atoms with van der Waals surface area (Å²) in [5, 5.41) is 10.8. The fraction of sp³-hybridized carbons (Fsp3) is 0.333. The Hall–Kier alpha value is -1.64. The number of ether oxygens (including phenoxy) is 1. The van der Waals surface area contributed by atoms with E-state index in [1.54, 1.807) is 0 Å². The number of carbonyl (C=O) groups is 1. The predicted octanol–water partition coefficient (Wildman–Crippen LogP) is 2.41. The largest absolute Gasteiger partial charge is 0.469 e. The molecule has 9 heteroatoms. The van der Waals surface area contributed by atoms with Gasteiger partial charge in [0.05, 0.1) is 24.0 Å². The zero-order chi connectivity index (χ0) is 13.9. The number of pyridine rings is 1. The molecule has 1 aromatic rings. The van der Waals surface area contributed by atoms with E-state index in [1.165, 1.54) is 0 Å². The molecular formula is C9H7BrF2N2O4. The second-order valence-electron chi connectivity index (χ2n) is 3.14. The summed E-state index contributed by atoms with van der Waals surface area (Å²) < 4.78 is 29.6. The standard InChI is InChI=1S/C9H7BrF2N2O4/c1-18-6(15)2-4-7(14(16)17)5(9(11)12)3-13-8(4)10/h3,9H,2H2,1H3. The van der Waals surface area contributed by atoms with E-state index >= 15 is 0 Å². The smallest absolute Gasteiger partial charge is 0.310 e. The minimum absolute atomic E-state index is 0.0380. The van der Waals surface area contributed by atoms with Crippen LogP contribution in [0.1, 0.15) is 17.6 Å². The molecule has 0 aliphatic rings. The molecule has 0 aliphatic carbocycles. The summed E-state index contributed by atoms with van der Waals surface area (Å²) in [6, 6.07) is 0. The highest BCUT2D eigenvalue weighted by Gasteiger charge is 2.29. The van der Waals surface area contributed by atoms with Crippen LogP contribution in [0, 0.1) is 10.1 Å². The number of alkyl halides is 2. The van der Waals surface area contributed by atoms with Crippen molar-refractivity contribution in [2.75, 3.05) is 7.11 Å². The normalized spacial score (nSPS) is 10.5. The Kier molecular flexibility index (Phi) is 4.65. The van der Waals surface area contributed by atoms with Crippen LogP contribution < -0.4 is 0 Å². The zero-order valence-corrected chi connectivity index (χ0v) is 10.6. The van der Waals surface area contributed by atoms with Gasteiger partial charge in [-0.3, -0.25) is 14.9 Å². The van der Waals surface area contributed by atoms with Crippen LogP contribution in [0.3, 0.4) is 0 Å². The predicted molar refractivity (Wildman–Crippen MR) is 59.3 cm³/mol. The summed E-state index contributed by atoms with van der Waals surface area (Å²) in [6.07, 6.45) is -2.86. The van der Waals surface area contributed by atoms with Crippen molar-refractivity contribution >= 4 is 27.6 Å². The lowest BCUT2D eigenvalue weighted by Crippen LogP contribution is -2.10. The van der Waals surface area contributed by atoms with Crippen LogP contribution in [0.2, 0.25) is 0 Å². The van der Waals surface area contributed by atoms with E-state index in [0.717, 1.165) is 7.11 Å². The van der Waals surface area contributed by atoms with E-state index in [1.807, 2.05) is 0 Å². The Morgan fingerprint density at radius 2 is 2.28 bits per heavy atom. The molecule has 18 heavy (non-hydrogen) atoms. The highest BCUT2D eigenvalue weighted by atomic mass is 79.9. The van der Waals surface area contributed by atoms with Gasteiger partial charge in [0.1, 0.15) is 10.2 Å². The molecule has 1 aromatic heterocycles. The first-order chi connectivity index (χ1) is 8.38. The molecule has 1 rings (SSSR count). The first-order valence-electron chi connectivity index (χ1n) is 4.55. The number of esters is 1. The summed E-state index contributed by atoms with van der Waals surface area (Å²) in [6.45, 7) is 0. The maximum Gasteiger partial charge on any atom is 0.310 e. The molecule has 0 fully saturated rings. The molecule has 0 saturated heterocycles. The Balaban J connectivity index is 3.41. The molecule has 0 saturated carbocycles. The summed E-state index contributed by atoms with van der Waals surface area (Å²) in [4.78, 5) is 24.5. The third kappa shape index (κ3) is 2.97. The molecule has 1 heterocycles. The fourth-order valence-electron chi connectivity index (χ4n) is 1.29. The lowest BCUT2D eigenvalue weighted by molar-refractivity contribution is -0.387. The highest BCUT2D eigenvalue weighted by molar-refractivity contribution is 9.10. The van der Waals surface area contributed by atoms with E-state index in [-0.39, 0.29) is 10.2 Å². The number of carbonyl (C=O) groups excluding carboxylic acids is 1. The minimum atomic E-state index is -3.05. The quantitative estimate of drug-likeness (QED) is 0.367. The van der Waals surface area contributed by atoms with E-state index in [0.29, 0.717) is 6.20 Å². The van der Waals surface area contributed by atoms with Gasteiger partial charge in [0.2, 0.25) is 0 Å². The van der Waals surface area contributed by atoms with Crippen LogP contribution >= 0.6 is 15.9 Å². The van der Waals surface area contributed by atoms with Crippen molar-refractivity contribution in [1.82, 2.24) is 4.98 Å². The molecule has 6 nitrogen and oxygen atoms in total. The van der Waals surface area contributed by atoms with Crippen molar-refractivity contribution in [2.45, 2.75) is 12.8 Å². The third-order valence-corrected chi connectivity index (χ3v) is 2.78. The number of hydrogen-bond donors (Lipinski definition) is 0. The van der Waals surface area contributed by atoms with Gasteiger partial charge >= 0.3 is 5.97 Å². The van der Waals surface area contributed by atoms with E-state index in [2.05, 4.69) is 25.7 Å². The summed E-state index contributed by atoms with van der Waals surface area (Å²) in [5.41, 5.74) is -1.89. The molecule has 0 amide bonds. The highest BCUT2D eigenvalue weighted by Crippen LogP contribution is 2.34. The van der Waals surface area contributed by atoms with Crippen molar-refractivity contribution in [1.29, 1.82) is 0 Å². The summed E-state index contributed by atoms with van der Waals surface area (Å²) >= 11 is 2.89. The maximum atomic E-state index is 12.6. The van der Waals surface area contributed by atoms with Crippen LogP contribution in [0.15, 0.2) is 10.8 Å². The summed E-state index contributed by atoms with van der Waals surface area (Å²) in [7, 11) is 1.09. The second-order valence-corrected chi connectivity index (χ2v) is 3.89. The van der Waals surface area contributed by atoms with Gasteiger partial charge < -0.3 is 4.74 Å². The number of aromatic nitrogens is 1. The molecule has 0 N–H and O–H groups in total. The number of halogens is 3. The number of hydrogen-bond acceptors (Lipinski definition) is 5. The van der Waals surface area contributed by atoms with Gasteiger partial charge in [0.25, 0.3) is 12.1 Å². The van der Waals surface area contributed by atoms with Gasteiger partial charge in [-0.25, -0.2) is 13.8 Å². The van der Waals surface area contributed by atoms with Crippen LogP contribution in [-0.2, 0) is 16.0 Å². The van der Waals surface area contributed by atoms with Gasteiger partial charge in [-0.2, -0.15) is 0 Å². The lowest BCUT2D eigenvalue weighted by Gasteiger charge is -2.08. The molecule has 0 atom stereocenters. The average molecular weight is 325 g/mol. The Bertz CT molecular complexity index is 496. The van der Waals surface area contributed by atoms with Gasteiger partial charge in [-0.15, -0.1) is 0 Å². The SMILES string of the molecule is COC(=O)Cc1c(Br)ncc(C(F)F)c1[N+](=O)[O-]. The van der Waals surface area contributed by atoms with Crippen LogP contribution in [-0.4, -0.2) is 23.0 Å². The van der Waals surface area contributed by atoms with Crippen molar-refractivity contribution in [3.8, 4) is 0 Å². The second kappa shape index (κ2) is 5.80. The lowest BCUT2D eigenvalue weighted by atomic mass is 10.1. The van der Waals surface area contributed by atoms with Gasteiger partial charge in [-0.05, 0) is 15.9 Å². The number of nitro groups is 1. The topological polar surface area (TPSA) is 82.3 Å². The van der Waals surface area contributed by atoms with Gasteiger partial charge in [0, 0.05) is 6.20 Å². The van der Waals surface area contributed by atoms with E-state index < -0.39 is 35.0 Å². The molecule has 0 aliphatic heterocycles. The monoisotopic (exact) mass is 324 g/mol. The minimum Gasteiger partial charge on any atom is -0.469 e. The van der Waals surface area contributed by atoms with E-state index in [9.17, 15) is 23.7 Å². The Labute approximate surface area is 108 Å². The number of nitrogens with zero attached hydrogens (tertiary/aromatic N) is 2. The Morgan fingerprint density at radius 3 is 2.72 bits per heavy atom. The molecular weight excluding hydrogens is 318 g/mol. The summed E-state index contributed by atoms with van der Waals surface area (Å²) in [5.74, 6) is -0.785. The molecule has 0 radical (unpaired) electrons. The van der Waals surface area contributed by atoms with Crippen LogP contribution in [0.25, 0.3) is 0 Å². The third-order valence-electron chi connectivity index (χ3n) is 2.09. The van der Waals surface area contributed by atoms with Crippen LogP contribution in [0.5, 0.6) is 0 Å². The molecule has 0 bridgehead atoms. The molecule has 0 spiro atoms. The van der Waals surface area contributed by atoms with Crippen molar-refractivity contribution < 1.29 is 23.2 Å². The van der Waals surface area contributed by atoms with Gasteiger partial charge in [0.15, 0.2) is 0 Å². The molecule has 0 aromatic carbocycles. The van der Waals surface area contributed by atoms with Crippen molar-refractivity contribution in [2.24, 2.45) is 0 Å².